The lowest BCUT2D eigenvalue weighted by Gasteiger charge is -2.17. The predicted molar refractivity (Wildman–Crippen MR) is 90.0 cm³/mol. The van der Waals surface area contributed by atoms with Crippen molar-refractivity contribution in [2.24, 2.45) is 7.05 Å². The number of aryl methyl sites for hydroxylation is 1. The maximum atomic E-state index is 12.4. The molecule has 0 atom stereocenters. The summed E-state index contributed by atoms with van der Waals surface area (Å²) in [5.41, 5.74) is 7.80. The zero-order valence-electron chi connectivity index (χ0n) is 13.2. The highest BCUT2D eigenvalue weighted by molar-refractivity contribution is 6.01. The number of imidazole rings is 1. The van der Waals surface area contributed by atoms with Gasteiger partial charge in [0.25, 0.3) is 0 Å². The summed E-state index contributed by atoms with van der Waals surface area (Å²) in [5.74, 6) is 1.93. The monoisotopic (exact) mass is 320 g/mol. The summed E-state index contributed by atoms with van der Waals surface area (Å²) in [7, 11) is 1.86. The number of hydrogen-bond acceptors (Lipinski definition) is 5. The summed E-state index contributed by atoms with van der Waals surface area (Å²) >= 11 is 0. The fourth-order valence-corrected chi connectivity index (χ4v) is 2.86. The normalized spacial score (nSPS) is 13.4. The first-order valence-corrected chi connectivity index (χ1v) is 7.62. The molecule has 0 radical (unpaired) electrons. The number of hydrogen-bond donors (Lipinski definition) is 1. The van der Waals surface area contributed by atoms with Gasteiger partial charge in [0.2, 0.25) is 5.91 Å². The highest BCUT2D eigenvalue weighted by Crippen LogP contribution is 2.33. The highest BCUT2D eigenvalue weighted by Gasteiger charge is 2.32. The van der Waals surface area contributed by atoms with E-state index in [2.05, 4.69) is 15.0 Å². The average Bonchev–Trinajstić information content (AvgIpc) is 3.13. The van der Waals surface area contributed by atoms with E-state index in [1.54, 1.807) is 11.1 Å². The van der Waals surface area contributed by atoms with Gasteiger partial charge >= 0.3 is 0 Å². The average molecular weight is 320 g/mol. The molecule has 1 aromatic carbocycles. The van der Waals surface area contributed by atoms with Crippen LogP contribution in [-0.2, 0) is 24.8 Å². The molecule has 1 amide bonds. The van der Waals surface area contributed by atoms with Gasteiger partial charge in [-0.3, -0.25) is 9.69 Å². The fraction of sp³-hybridized carbons (Fsp3) is 0.176. The number of benzene rings is 1. The molecule has 7 nitrogen and oxygen atoms in total. The van der Waals surface area contributed by atoms with E-state index in [0.29, 0.717) is 35.4 Å². The van der Waals surface area contributed by atoms with Crippen LogP contribution in [0.25, 0.3) is 11.6 Å². The summed E-state index contributed by atoms with van der Waals surface area (Å²) in [4.78, 5) is 27.3. The molecule has 24 heavy (non-hydrogen) atoms. The van der Waals surface area contributed by atoms with Gasteiger partial charge in [-0.2, -0.15) is 0 Å². The SMILES string of the molecule is Cn1ccnc1-c1nc(N)c2c(n1)N(Cc1ccccc1)C(=O)C2. The summed E-state index contributed by atoms with van der Waals surface area (Å²) in [5, 5.41) is 0. The fourth-order valence-electron chi connectivity index (χ4n) is 2.86. The Hall–Kier alpha value is -3.22. The molecule has 3 heterocycles. The minimum Gasteiger partial charge on any atom is -0.383 e. The second-order valence-electron chi connectivity index (χ2n) is 5.74. The van der Waals surface area contributed by atoms with Crippen molar-refractivity contribution in [1.82, 2.24) is 19.5 Å². The number of carbonyl (C=O) groups excluding carboxylic acids is 1. The molecule has 0 aliphatic carbocycles. The molecule has 1 aliphatic heterocycles. The molecular formula is C17H16N6O. The van der Waals surface area contributed by atoms with Crippen LogP contribution in [0.4, 0.5) is 11.6 Å². The summed E-state index contributed by atoms with van der Waals surface area (Å²) < 4.78 is 1.82. The van der Waals surface area contributed by atoms with E-state index in [4.69, 9.17) is 5.73 Å². The Labute approximate surface area is 138 Å². The topological polar surface area (TPSA) is 89.9 Å². The number of nitrogen functional groups attached to an aromatic ring is 1. The number of carbonyl (C=O) groups is 1. The van der Waals surface area contributed by atoms with Gasteiger partial charge in [0.05, 0.1) is 13.0 Å². The third-order valence-electron chi connectivity index (χ3n) is 4.11. The van der Waals surface area contributed by atoms with E-state index >= 15 is 0 Å². The molecule has 1 aliphatic rings. The Balaban J connectivity index is 1.78. The number of nitrogens with zero attached hydrogens (tertiary/aromatic N) is 5. The van der Waals surface area contributed by atoms with E-state index in [9.17, 15) is 4.79 Å². The maximum Gasteiger partial charge on any atom is 0.233 e. The molecule has 0 fully saturated rings. The van der Waals surface area contributed by atoms with Crippen molar-refractivity contribution in [3.05, 3.63) is 53.9 Å². The molecule has 0 saturated carbocycles. The number of fused-ring (bicyclic) bond motifs is 1. The molecule has 3 aromatic rings. The van der Waals surface area contributed by atoms with Gasteiger partial charge in [-0.1, -0.05) is 30.3 Å². The van der Waals surface area contributed by atoms with Crippen LogP contribution in [0.1, 0.15) is 11.1 Å². The molecule has 7 heteroatoms. The minimum absolute atomic E-state index is 0.0214. The van der Waals surface area contributed by atoms with Crippen LogP contribution in [0.2, 0.25) is 0 Å². The Morgan fingerprint density at radius 1 is 1.21 bits per heavy atom. The maximum absolute atomic E-state index is 12.4. The van der Waals surface area contributed by atoms with E-state index in [-0.39, 0.29) is 12.3 Å². The van der Waals surface area contributed by atoms with Crippen LogP contribution in [0.5, 0.6) is 0 Å². The van der Waals surface area contributed by atoms with Crippen LogP contribution in [0, 0.1) is 0 Å². The zero-order chi connectivity index (χ0) is 16.7. The summed E-state index contributed by atoms with van der Waals surface area (Å²) in [6.45, 7) is 0.461. The second kappa shape index (κ2) is 5.45. The van der Waals surface area contributed by atoms with Crippen LogP contribution >= 0.6 is 0 Å². The molecule has 4 rings (SSSR count). The van der Waals surface area contributed by atoms with Crippen molar-refractivity contribution in [3.8, 4) is 11.6 Å². The second-order valence-corrected chi connectivity index (χ2v) is 5.74. The molecule has 0 unspecified atom stereocenters. The molecule has 0 saturated heterocycles. The largest absolute Gasteiger partial charge is 0.383 e. The van der Waals surface area contributed by atoms with E-state index < -0.39 is 0 Å². The first-order valence-electron chi connectivity index (χ1n) is 7.62. The predicted octanol–water partition coefficient (Wildman–Crippen LogP) is 1.55. The lowest BCUT2D eigenvalue weighted by atomic mass is 10.2. The van der Waals surface area contributed by atoms with Gasteiger partial charge in [-0.05, 0) is 5.56 Å². The molecular weight excluding hydrogens is 304 g/mol. The van der Waals surface area contributed by atoms with Crippen molar-refractivity contribution in [2.45, 2.75) is 13.0 Å². The van der Waals surface area contributed by atoms with Crippen LogP contribution in [-0.4, -0.2) is 25.4 Å². The van der Waals surface area contributed by atoms with Crippen LogP contribution in [0.3, 0.4) is 0 Å². The van der Waals surface area contributed by atoms with Gasteiger partial charge in [0.1, 0.15) is 11.6 Å². The number of aromatic nitrogens is 4. The van der Waals surface area contributed by atoms with Gasteiger partial charge in [-0.25, -0.2) is 15.0 Å². The van der Waals surface area contributed by atoms with Gasteiger partial charge in [0.15, 0.2) is 11.6 Å². The minimum atomic E-state index is -0.0214. The third kappa shape index (κ3) is 2.30. The van der Waals surface area contributed by atoms with Crippen LogP contribution in [0.15, 0.2) is 42.7 Å². The van der Waals surface area contributed by atoms with Gasteiger partial charge in [0, 0.05) is 25.0 Å². The van der Waals surface area contributed by atoms with Crippen molar-refractivity contribution in [3.63, 3.8) is 0 Å². The number of nitrogens with two attached hydrogens (primary N) is 1. The highest BCUT2D eigenvalue weighted by atomic mass is 16.2. The number of anilines is 2. The first-order chi connectivity index (χ1) is 11.6. The van der Waals surface area contributed by atoms with Crippen LogP contribution < -0.4 is 10.6 Å². The molecule has 0 bridgehead atoms. The van der Waals surface area contributed by atoms with Crippen molar-refractivity contribution in [2.75, 3.05) is 10.6 Å². The standard InChI is InChI=1S/C17H16N6O/c1-22-8-7-19-17(22)15-20-14(18)12-9-13(24)23(16(12)21-15)10-11-5-3-2-4-6-11/h2-8H,9-10H2,1H3,(H2,18,20,21). The Morgan fingerprint density at radius 3 is 2.71 bits per heavy atom. The third-order valence-corrected chi connectivity index (χ3v) is 4.11. The number of rotatable bonds is 3. The Morgan fingerprint density at radius 2 is 2.00 bits per heavy atom. The van der Waals surface area contributed by atoms with Crippen molar-refractivity contribution >= 4 is 17.5 Å². The number of amides is 1. The van der Waals surface area contributed by atoms with Gasteiger partial charge < -0.3 is 10.3 Å². The summed E-state index contributed by atoms with van der Waals surface area (Å²) in [6, 6.07) is 9.81. The van der Waals surface area contributed by atoms with Crippen molar-refractivity contribution < 1.29 is 4.79 Å². The quantitative estimate of drug-likeness (QED) is 0.791. The molecule has 2 N–H and O–H groups in total. The zero-order valence-corrected chi connectivity index (χ0v) is 13.2. The van der Waals surface area contributed by atoms with Crippen molar-refractivity contribution in [1.29, 1.82) is 0 Å². The summed E-state index contributed by atoms with van der Waals surface area (Å²) in [6.07, 6.45) is 3.72. The first kappa shape index (κ1) is 14.4. The smallest absolute Gasteiger partial charge is 0.233 e. The molecule has 2 aromatic heterocycles. The Bertz CT molecular complexity index is 918. The lowest BCUT2D eigenvalue weighted by molar-refractivity contribution is -0.117. The van der Waals surface area contributed by atoms with E-state index in [1.807, 2.05) is 48.1 Å². The molecule has 120 valence electrons. The van der Waals surface area contributed by atoms with E-state index in [1.165, 1.54) is 0 Å². The Kier molecular flexibility index (Phi) is 3.26. The van der Waals surface area contributed by atoms with Gasteiger partial charge in [-0.15, -0.1) is 0 Å². The molecule has 0 spiro atoms. The lowest BCUT2D eigenvalue weighted by Crippen LogP contribution is -2.26. The van der Waals surface area contributed by atoms with E-state index in [0.717, 1.165) is 5.56 Å².